The number of halogens is 1. The molecule has 0 aliphatic carbocycles. The van der Waals surface area contributed by atoms with Crippen molar-refractivity contribution in [1.82, 2.24) is 19.6 Å². The molecule has 5 nitrogen and oxygen atoms in total. The van der Waals surface area contributed by atoms with E-state index in [-0.39, 0.29) is 11.4 Å². The maximum Gasteiger partial charge on any atom is 0.272 e. The fourth-order valence-corrected chi connectivity index (χ4v) is 2.70. The van der Waals surface area contributed by atoms with Crippen molar-refractivity contribution in [3.05, 3.63) is 88.5 Å². The van der Waals surface area contributed by atoms with E-state index in [1.54, 1.807) is 30.7 Å². The number of H-pyrrole nitrogens is 1. The lowest BCUT2D eigenvalue weighted by Crippen LogP contribution is -2.15. The van der Waals surface area contributed by atoms with Crippen LogP contribution >= 0.6 is 0 Å². The van der Waals surface area contributed by atoms with Gasteiger partial charge in [0, 0.05) is 36.6 Å². The second kappa shape index (κ2) is 5.73. The van der Waals surface area contributed by atoms with Crippen LogP contribution in [0, 0.1) is 5.82 Å². The Bertz CT molecular complexity index is 1070. The Morgan fingerprint density at radius 2 is 2.08 bits per heavy atom. The summed E-state index contributed by atoms with van der Waals surface area (Å²) >= 11 is 0. The highest BCUT2D eigenvalue weighted by Gasteiger charge is 2.11. The molecule has 0 fully saturated rings. The summed E-state index contributed by atoms with van der Waals surface area (Å²) in [5.41, 5.74) is 3.23. The van der Waals surface area contributed by atoms with Crippen LogP contribution in [0.3, 0.4) is 0 Å². The normalized spacial score (nSPS) is 11.0. The van der Waals surface area contributed by atoms with Crippen molar-refractivity contribution in [1.29, 1.82) is 0 Å². The number of pyridine rings is 1. The van der Waals surface area contributed by atoms with Gasteiger partial charge in [0.25, 0.3) is 5.56 Å². The molecule has 0 bridgehead atoms. The summed E-state index contributed by atoms with van der Waals surface area (Å²) in [6.07, 6.45) is 5.61. The van der Waals surface area contributed by atoms with Gasteiger partial charge in [0.05, 0.1) is 5.69 Å². The van der Waals surface area contributed by atoms with Crippen LogP contribution in [0.15, 0.2) is 65.8 Å². The van der Waals surface area contributed by atoms with Crippen LogP contribution in [0.4, 0.5) is 4.39 Å². The topological polar surface area (TPSA) is 63.0 Å². The first-order valence-corrected chi connectivity index (χ1v) is 7.45. The van der Waals surface area contributed by atoms with Crippen molar-refractivity contribution >= 4 is 5.65 Å². The number of aromatic nitrogens is 4. The Balaban J connectivity index is 1.84. The third-order valence-electron chi connectivity index (χ3n) is 3.79. The Morgan fingerprint density at radius 3 is 2.88 bits per heavy atom. The molecule has 118 valence electrons. The van der Waals surface area contributed by atoms with Crippen molar-refractivity contribution in [2.75, 3.05) is 0 Å². The monoisotopic (exact) mass is 320 g/mol. The van der Waals surface area contributed by atoms with E-state index in [9.17, 15) is 9.18 Å². The number of nitrogens with one attached hydrogen (secondary N) is 1. The maximum atomic E-state index is 13.5. The van der Waals surface area contributed by atoms with E-state index in [1.165, 1.54) is 22.7 Å². The number of fused-ring (bicyclic) bond motifs is 1. The molecule has 0 radical (unpaired) electrons. The summed E-state index contributed by atoms with van der Waals surface area (Å²) in [5.74, 6) is -0.333. The minimum atomic E-state index is -0.333. The van der Waals surface area contributed by atoms with Crippen LogP contribution < -0.4 is 5.56 Å². The van der Waals surface area contributed by atoms with Crippen LogP contribution in [0.25, 0.3) is 16.8 Å². The highest BCUT2D eigenvalue weighted by atomic mass is 19.1. The van der Waals surface area contributed by atoms with Crippen molar-refractivity contribution < 1.29 is 4.39 Å². The van der Waals surface area contributed by atoms with E-state index in [2.05, 4.69) is 15.1 Å². The molecule has 4 aromatic rings. The smallest absolute Gasteiger partial charge is 0.272 e. The average Bonchev–Trinajstić information content (AvgIpc) is 3.00. The van der Waals surface area contributed by atoms with E-state index in [4.69, 9.17) is 0 Å². The van der Waals surface area contributed by atoms with E-state index in [1.807, 2.05) is 12.1 Å². The van der Waals surface area contributed by atoms with E-state index in [0.717, 1.165) is 5.56 Å². The highest BCUT2D eigenvalue weighted by molar-refractivity contribution is 5.76. The first-order valence-electron chi connectivity index (χ1n) is 7.45. The van der Waals surface area contributed by atoms with Gasteiger partial charge in [-0.15, -0.1) is 0 Å². The van der Waals surface area contributed by atoms with Gasteiger partial charge in [0.2, 0.25) is 0 Å². The van der Waals surface area contributed by atoms with Gasteiger partial charge in [-0.05, 0) is 29.3 Å². The highest BCUT2D eigenvalue weighted by Crippen LogP contribution is 2.23. The SMILES string of the molecule is O=c1cc(Cc2cccnc2)nc2c(-c3cccc(F)c3)c[nH]n12. The van der Waals surface area contributed by atoms with Crippen LogP contribution in [-0.2, 0) is 6.42 Å². The molecule has 4 rings (SSSR count). The Labute approximate surface area is 136 Å². The number of benzene rings is 1. The lowest BCUT2D eigenvalue weighted by Gasteiger charge is -2.03. The van der Waals surface area contributed by atoms with Gasteiger partial charge in [0.15, 0.2) is 5.65 Å². The Kier molecular flexibility index (Phi) is 3.42. The third kappa shape index (κ3) is 2.58. The summed E-state index contributed by atoms with van der Waals surface area (Å²) in [5, 5.41) is 2.87. The molecule has 0 amide bonds. The zero-order valence-electron chi connectivity index (χ0n) is 12.6. The summed E-state index contributed by atoms with van der Waals surface area (Å²) < 4.78 is 14.9. The number of hydrogen-bond acceptors (Lipinski definition) is 3. The van der Waals surface area contributed by atoms with Gasteiger partial charge in [0.1, 0.15) is 5.82 Å². The average molecular weight is 320 g/mol. The first-order chi connectivity index (χ1) is 11.7. The second-order valence-electron chi connectivity index (χ2n) is 5.48. The minimum Gasteiger partial charge on any atom is -0.296 e. The molecule has 0 aliphatic rings. The summed E-state index contributed by atoms with van der Waals surface area (Å²) in [6, 6.07) is 11.5. The van der Waals surface area contributed by atoms with Crippen molar-refractivity contribution in [2.24, 2.45) is 0 Å². The molecule has 0 atom stereocenters. The molecule has 0 saturated carbocycles. The maximum absolute atomic E-state index is 13.5. The van der Waals surface area contributed by atoms with Gasteiger partial charge in [-0.2, -0.15) is 0 Å². The largest absolute Gasteiger partial charge is 0.296 e. The van der Waals surface area contributed by atoms with E-state index >= 15 is 0 Å². The standard InChI is InChI=1S/C18H13FN4O/c19-14-5-1-4-13(8-14)16-11-21-23-17(24)9-15(22-18(16)23)7-12-3-2-6-20-10-12/h1-6,8-11,21H,7H2. The van der Waals surface area contributed by atoms with E-state index in [0.29, 0.717) is 28.9 Å². The molecular weight excluding hydrogens is 307 g/mol. The third-order valence-corrected chi connectivity index (χ3v) is 3.79. The fraction of sp³-hybridized carbons (Fsp3) is 0.0556. The first kappa shape index (κ1) is 14.3. The molecule has 3 aromatic heterocycles. The van der Waals surface area contributed by atoms with Crippen LogP contribution in [0.2, 0.25) is 0 Å². The number of aromatic amines is 1. The summed E-state index contributed by atoms with van der Waals surface area (Å²) in [6.45, 7) is 0. The van der Waals surface area contributed by atoms with Gasteiger partial charge in [-0.3, -0.25) is 14.9 Å². The molecule has 24 heavy (non-hydrogen) atoms. The van der Waals surface area contributed by atoms with Crippen molar-refractivity contribution in [3.8, 4) is 11.1 Å². The molecule has 6 heteroatoms. The van der Waals surface area contributed by atoms with E-state index < -0.39 is 0 Å². The van der Waals surface area contributed by atoms with Crippen LogP contribution in [-0.4, -0.2) is 19.6 Å². The molecule has 0 unspecified atom stereocenters. The molecule has 0 aliphatic heterocycles. The lowest BCUT2D eigenvalue weighted by molar-refractivity contribution is 0.628. The number of nitrogens with zero attached hydrogens (tertiary/aromatic N) is 3. The predicted octanol–water partition coefficient (Wildman–Crippen LogP) is 2.81. The van der Waals surface area contributed by atoms with Gasteiger partial charge in [-0.25, -0.2) is 13.9 Å². The summed E-state index contributed by atoms with van der Waals surface area (Å²) in [4.78, 5) is 21.0. The Morgan fingerprint density at radius 1 is 1.17 bits per heavy atom. The van der Waals surface area contributed by atoms with Crippen molar-refractivity contribution in [2.45, 2.75) is 6.42 Å². The molecule has 0 saturated heterocycles. The van der Waals surface area contributed by atoms with Crippen molar-refractivity contribution in [3.63, 3.8) is 0 Å². The quantitative estimate of drug-likeness (QED) is 0.631. The molecule has 0 spiro atoms. The summed E-state index contributed by atoms with van der Waals surface area (Å²) in [7, 11) is 0. The lowest BCUT2D eigenvalue weighted by atomic mass is 10.1. The molecule has 1 aromatic carbocycles. The van der Waals surface area contributed by atoms with Gasteiger partial charge < -0.3 is 0 Å². The van der Waals surface area contributed by atoms with Crippen LogP contribution in [0.5, 0.6) is 0 Å². The molecule has 1 N–H and O–H groups in total. The Hall–Kier alpha value is -3.28. The van der Waals surface area contributed by atoms with Gasteiger partial charge >= 0.3 is 0 Å². The molecular formula is C18H13FN4O. The molecule has 3 heterocycles. The van der Waals surface area contributed by atoms with Gasteiger partial charge in [-0.1, -0.05) is 18.2 Å². The van der Waals surface area contributed by atoms with Crippen LogP contribution in [0.1, 0.15) is 11.3 Å². The fourth-order valence-electron chi connectivity index (χ4n) is 2.70. The zero-order valence-corrected chi connectivity index (χ0v) is 12.6. The minimum absolute atomic E-state index is 0.207. The second-order valence-corrected chi connectivity index (χ2v) is 5.48. The number of hydrogen-bond donors (Lipinski definition) is 1. The zero-order chi connectivity index (χ0) is 16.5. The predicted molar refractivity (Wildman–Crippen MR) is 88.2 cm³/mol. The number of rotatable bonds is 3.